The van der Waals surface area contributed by atoms with Gasteiger partial charge in [-0.15, -0.1) is 0 Å². The van der Waals surface area contributed by atoms with E-state index in [2.05, 4.69) is 10.4 Å². The molecular formula is C14H25N5O2. The maximum atomic E-state index is 12.3. The molecule has 0 aliphatic carbocycles. The minimum atomic E-state index is -0.600. The number of hydrogen-bond donors (Lipinski definition) is 2. The molecule has 0 spiro atoms. The van der Waals surface area contributed by atoms with Gasteiger partial charge in [0.2, 0.25) is 5.91 Å². The molecule has 0 radical (unpaired) electrons. The molecule has 1 aromatic heterocycles. The van der Waals surface area contributed by atoms with Gasteiger partial charge in [-0.2, -0.15) is 5.10 Å². The van der Waals surface area contributed by atoms with E-state index >= 15 is 0 Å². The van der Waals surface area contributed by atoms with Crippen LogP contribution in [0.15, 0.2) is 0 Å². The van der Waals surface area contributed by atoms with E-state index in [9.17, 15) is 9.59 Å². The Morgan fingerprint density at radius 2 is 1.90 bits per heavy atom. The van der Waals surface area contributed by atoms with Crippen LogP contribution in [0, 0.1) is 6.92 Å². The summed E-state index contributed by atoms with van der Waals surface area (Å²) in [5.74, 6) is -0.478. The lowest BCUT2D eigenvalue weighted by atomic mass is 10.2. The normalized spacial score (nSPS) is 12.0. The number of hydrogen-bond acceptors (Lipinski definition) is 4. The van der Waals surface area contributed by atoms with Gasteiger partial charge in [0, 0.05) is 19.6 Å². The Hall–Kier alpha value is -2.05. The van der Waals surface area contributed by atoms with Crippen LogP contribution < -0.4 is 11.1 Å². The van der Waals surface area contributed by atoms with Crippen LogP contribution in [0.25, 0.3) is 0 Å². The first-order chi connectivity index (χ1) is 9.87. The van der Waals surface area contributed by atoms with Crippen molar-refractivity contribution < 1.29 is 9.59 Å². The molecule has 118 valence electrons. The zero-order valence-electron chi connectivity index (χ0n) is 13.4. The third-order valence-electron chi connectivity index (χ3n) is 3.48. The zero-order chi connectivity index (χ0) is 16.2. The average Bonchev–Trinajstić information content (AvgIpc) is 2.75. The molecule has 1 aromatic rings. The van der Waals surface area contributed by atoms with Gasteiger partial charge in [0.05, 0.1) is 11.4 Å². The molecule has 1 heterocycles. The monoisotopic (exact) mass is 295 g/mol. The Morgan fingerprint density at radius 1 is 1.33 bits per heavy atom. The quantitative estimate of drug-likeness (QED) is 0.811. The van der Waals surface area contributed by atoms with Gasteiger partial charge in [0.15, 0.2) is 0 Å². The molecule has 1 atom stereocenters. The van der Waals surface area contributed by atoms with E-state index in [4.69, 9.17) is 5.73 Å². The van der Waals surface area contributed by atoms with Crippen LogP contribution in [-0.4, -0.2) is 45.6 Å². The molecule has 3 N–H and O–H groups in total. The highest BCUT2D eigenvalue weighted by Crippen LogP contribution is 2.16. The van der Waals surface area contributed by atoms with Crippen molar-refractivity contribution in [2.24, 2.45) is 0 Å². The lowest BCUT2D eigenvalue weighted by molar-refractivity contribution is -0.132. The van der Waals surface area contributed by atoms with E-state index in [1.54, 1.807) is 23.4 Å². The number of rotatable bonds is 6. The van der Waals surface area contributed by atoms with E-state index in [0.717, 1.165) is 0 Å². The summed E-state index contributed by atoms with van der Waals surface area (Å²) in [7, 11) is 0. The second-order valence-electron chi connectivity index (χ2n) is 4.87. The molecule has 0 saturated heterocycles. The standard InChI is InChI=1S/C14H25N5O2/c1-6-18(7-2)14(21)10(5)16-13(20)12-11(15)9(4)17-19(12)8-3/h10H,6-8,15H2,1-5H3,(H,16,20). The van der Waals surface area contributed by atoms with Gasteiger partial charge in [-0.05, 0) is 34.6 Å². The van der Waals surface area contributed by atoms with E-state index in [1.807, 2.05) is 20.8 Å². The molecule has 7 nitrogen and oxygen atoms in total. The van der Waals surface area contributed by atoms with Gasteiger partial charge in [0.25, 0.3) is 5.91 Å². The number of aromatic nitrogens is 2. The van der Waals surface area contributed by atoms with Gasteiger partial charge in [-0.1, -0.05) is 0 Å². The molecule has 0 aromatic carbocycles. The van der Waals surface area contributed by atoms with Crippen LogP contribution >= 0.6 is 0 Å². The van der Waals surface area contributed by atoms with Crippen molar-refractivity contribution in [1.82, 2.24) is 20.0 Å². The van der Waals surface area contributed by atoms with Gasteiger partial charge >= 0.3 is 0 Å². The summed E-state index contributed by atoms with van der Waals surface area (Å²) < 4.78 is 1.55. The van der Waals surface area contributed by atoms with Gasteiger partial charge < -0.3 is 16.0 Å². The number of nitrogens with zero attached hydrogens (tertiary/aromatic N) is 3. The number of nitrogens with one attached hydrogen (secondary N) is 1. The van der Waals surface area contributed by atoms with Crippen molar-refractivity contribution in [3.05, 3.63) is 11.4 Å². The summed E-state index contributed by atoms with van der Waals surface area (Å²) in [6.07, 6.45) is 0. The van der Waals surface area contributed by atoms with E-state index in [0.29, 0.717) is 36.7 Å². The number of carbonyl (C=O) groups is 2. The highest BCUT2D eigenvalue weighted by atomic mass is 16.2. The van der Waals surface area contributed by atoms with Crippen LogP contribution in [0.4, 0.5) is 5.69 Å². The molecule has 2 amide bonds. The Bertz CT molecular complexity index is 520. The maximum Gasteiger partial charge on any atom is 0.272 e. The van der Waals surface area contributed by atoms with E-state index < -0.39 is 6.04 Å². The lowest BCUT2D eigenvalue weighted by Gasteiger charge is -2.23. The average molecular weight is 295 g/mol. The Labute approximate surface area is 125 Å². The number of aryl methyl sites for hydroxylation is 2. The highest BCUT2D eigenvalue weighted by molar-refractivity contribution is 6.00. The van der Waals surface area contributed by atoms with Crippen LogP contribution in [0.3, 0.4) is 0 Å². The van der Waals surface area contributed by atoms with Crippen molar-refractivity contribution in [2.75, 3.05) is 18.8 Å². The first kappa shape index (κ1) is 17.0. The summed E-state index contributed by atoms with van der Waals surface area (Å²) in [6, 6.07) is -0.600. The number of nitrogens with two attached hydrogens (primary N) is 1. The fourth-order valence-electron chi connectivity index (χ4n) is 2.20. The van der Waals surface area contributed by atoms with Crippen LogP contribution in [0.1, 0.15) is 43.9 Å². The molecule has 1 unspecified atom stereocenters. The maximum absolute atomic E-state index is 12.3. The number of anilines is 1. The van der Waals surface area contributed by atoms with Crippen LogP contribution in [0.5, 0.6) is 0 Å². The summed E-state index contributed by atoms with van der Waals surface area (Å²) in [4.78, 5) is 26.2. The fraction of sp³-hybridized carbons (Fsp3) is 0.643. The SMILES string of the molecule is CCN(CC)C(=O)C(C)NC(=O)c1c(N)c(C)nn1CC. The largest absolute Gasteiger partial charge is 0.395 e. The van der Waals surface area contributed by atoms with Crippen molar-refractivity contribution in [3.63, 3.8) is 0 Å². The first-order valence-electron chi connectivity index (χ1n) is 7.29. The van der Waals surface area contributed by atoms with Gasteiger partial charge in [0.1, 0.15) is 11.7 Å². The van der Waals surface area contributed by atoms with Gasteiger partial charge in [-0.3, -0.25) is 14.3 Å². The molecule has 0 fully saturated rings. The van der Waals surface area contributed by atoms with E-state index in [1.165, 1.54) is 0 Å². The Morgan fingerprint density at radius 3 is 2.38 bits per heavy atom. The number of nitrogen functional groups attached to an aromatic ring is 1. The molecule has 0 aliphatic heterocycles. The number of amides is 2. The molecule has 0 aliphatic rings. The second-order valence-corrected chi connectivity index (χ2v) is 4.87. The first-order valence-corrected chi connectivity index (χ1v) is 7.29. The third-order valence-corrected chi connectivity index (χ3v) is 3.48. The highest BCUT2D eigenvalue weighted by Gasteiger charge is 2.24. The fourth-order valence-corrected chi connectivity index (χ4v) is 2.20. The Kier molecular flexibility index (Phi) is 5.75. The number of likely N-dealkylation sites (N-methyl/N-ethyl adjacent to an activating group) is 1. The molecule has 0 bridgehead atoms. The van der Waals surface area contributed by atoms with Crippen molar-refractivity contribution in [1.29, 1.82) is 0 Å². The third kappa shape index (κ3) is 3.53. The minimum absolute atomic E-state index is 0.105. The summed E-state index contributed by atoms with van der Waals surface area (Å²) in [5.41, 5.74) is 7.19. The molecular weight excluding hydrogens is 270 g/mol. The summed E-state index contributed by atoms with van der Waals surface area (Å²) in [6.45, 7) is 10.9. The van der Waals surface area contributed by atoms with Crippen molar-refractivity contribution in [2.45, 2.75) is 47.2 Å². The predicted molar refractivity (Wildman–Crippen MR) is 81.9 cm³/mol. The molecule has 21 heavy (non-hydrogen) atoms. The second kappa shape index (κ2) is 7.10. The van der Waals surface area contributed by atoms with Crippen molar-refractivity contribution >= 4 is 17.5 Å². The van der Waals surface area contributed by atoms with Crippen molar-refractivity contribution in [3.8, 4) is 0 Å². The molecule has 1 rings (SSSR count). The minimum Gasteiger partial charge on any atom is -0.395 e. The smallest absolute Gasteiger partial charge is 0.272 e. The zero-order valence-corrected chi connectivity index (χ0v) is 13.4. The van der Waals surface area contributed by atoms with E-state index in [-0.39, 0.29) is 11.8 Å². The summed E-state index contributed by atoms with van der Waals surface area (Å²) >= 11 is 0. The molecule has 7 heteroatoms. The summed E-state index contributed by atoms with van der Waals surface area (Å²) in [5, 5.41) is 6.91. The number of carbonyl (C=O) groups excluding carboxylic acids is 2. The lowest BCUT2D eigenvalue weighted by Crippen LogP contribution is -2.47. The van der Waals surface area contributed by atoms with Gasteiger partial charge in [-0.25, -0.2) is 0 Å². The van der Waals surface area contributed by atoms with Crippen LogP contribution in [0.2, 0.25) is 0 Å². The molecule has 0 saturated carbocycles. The topological polar surface area (TPSA) is 93.2 Å². The predicted octanol–water partition coefficient (Wildman–Crippen LogP) is 0.780. The Balaban J connectivity index is 2.89. The van der Waals surface area contributed by atoms with Crippen LogP contribution in [-0.2, 0) is 11.3 Å².